The predicted octanol–water partition coefficient (Wildman–Crippen LogP) is 2.32. The Morgan fingerprint density at radius 1 is 1.30 bits per heavy atom. The number of hydrogen-bond acceptors (Lipinski definition) is 6. The molecule has 0 bridgehead atoms. The van der Waals surface area contributed by atoms with Gasteiger partial charge in [0, 0.05) is 49.9 Å². The maximum atomic E-state index is 10.6. The van der Waals surface area contributed by atoms with Crippen molar-refractivity contribution in [1.82, 2.24) is 9.88 Å². The number of methoxy groups -OCH3 is 1. The summed E-state index contributed by atoms with van der Waals surface area (Å²) in [4.78, 5) is 8.97. The fourth-order valence-electron chi connectivity index (χ4n) is 2.95. The smallest absolute Gasteiger partial charge is 0.185 e. The lowest BCUT2D eigenvalue weighted by Gasteiger charge is -2.35. The second-order valence-electron chi connectivity index (χ2n) is 5.86. The van der Waals surface area contributed by atoms with E-state index in [1.807, 2.05) is 36.7 Å². The molecular weight excluding hydrogens is 310 g/mol. The zero-order valence-corrected chi connectivity index (χ0v) is 14.4. The third kappa shape index (κ3) is 3.83. The number of benzene rings is 1. The lowest BCUT2D eigenvalue weighted by Crippen LogP contribution is -2.47. The molecule has 0 aliphatic carbocycles. The summed E-state index contributed by atoms with van der Waals surface area (Å²) >= 11 is 1.68. The Bertz CT molecular complexity index is 625. The summed E-state index contributed by atoms with van der Waals surface area (Å²) in [6.07, 6.45) is 1.32. The van der Waals surface area contributed by atoms with Crippen molar-refractivity contribution in [1.29, 1.82) is 0 Å². The van der Waals surface area contributed by atoms with Gasteiger partial charge in [-0.3, -0.25) is 4.90 Å². The molecule has 23 heavy (non-hydrogen) atoms. The van der Waals surface area contributed by atoms with E-state index in [2.05, 4.69) is 14.8 Å². The minimum Gasteiger partial charge on any atom is -0.496 e. The molecule has 1 N–H and O–H groups in total. The standard InChI is InChI=1S/C17H23N3O2S/c1-13-3-4-16(22-2)14(11-13)15(21)12-19-6-8-20(9-7-19)17-18-5-10-23-17/h3-5,10-11,15,21H,6-9,12H2,1-2H3/t15-/m0/s1. The van der Waals surface area contributed by atoms with Crippen molar-refractivity contribution in [3.05, 3.63) is 40.9 Å². The average molecular weight is 333 g/mol. The molecule has 1 fully saturated rings. The number of aliphatic hydroxyl groups excluding tert-OH is 1. The van der Waals surface area contributed by atoms with Crippen LogP contribution in [-0.2, 0) is 0 Å². The van der Waals surface area contributed by atoms with Crippen molar-refractivity contribution in [3.63, 3.8) is 0 Å². The number of rotatable bonds is 5. The minimum atomic E-state index is -0.531. The molecule has 0 spiro atoms. The quantitative estimate of drug-likeness (QED) is 0.910. The van der Waals surface area contributed by atoms with E-state index >= 15 is 0 Å². The van der Waals surface area contributed by atoms with Crippen molar-refractivity contribution in [2.75, 3.05) is 44.7 Å². The van der Waals surface area contributed by atoms with Gasteiger partial charge in [0.25, 0.3) is 0 Å². The molecule has 1 saturated heterocycles. The zero-order valence-electron chi connectivity index (χ0n) is 13.6. The van der Waals surface area contributed by atoms with Gasteiger partial charge in [-0.05, 0) is 19.1 Å². The molecule has 1 aromatic heterocycles. The van der Waals surface area contributed by atoms with E-state index in [0.717, 1.165) is 48.2 Å². The maximum Gasteiger partial charge on any atom is 0.185 e. The molecule has 1 aromatic carbocycles. The maximum absolute atomic E-state index is 10.6. The second-order valence-corrected chi connectivity index (χ2v) is 6.74. The molecule has 6 heteroatoms. The monoisotopic (exact) mass is 333 g/mol. The molecule has 0 unspecified atom stereocenters. The van der Waals surface area contributed by atoms with E-state index in [0.29, 0.717) is 6.54 Å². The van der Waals surface area contributed by atoms with Gasteiger partial charge < -0.3 is 14.7 Å². The third-order valence-corrected chi connectivity index (χ3v) is 5.07. The minimum absolute atomic E-state index is 0.531. The first-order valence-corrected chi connectivity index (χ1v) is 8.74. The van der Waals surface area contributed by atoms with Crippen LogP contribution in [0.5, 0.6) is 5.75 Å². The number of thiazole rings is 1. The Balaban J connectivity index is 1.59. The normalized spacial score (nSPS) is 17.3. The Labute approximate surface area is 141 Å². The van der Waals surface area contributed by atoms with E-state index < -0.39 is 6.10 Å². The van der Waals surface area contributed by atoms with Gasteiger partial charge in [0.05, 0.1) is 13.2 Å². The predicted molar refractivity (Wildman–Crippen MR) is 93.5 cm³/mol. The molecule has 1 aliphatic heterocycles. The average Bonchev–Trinajstić information content (AvgIpc) is 3.10. The number of aromatic nitrogens is 1. The van der Waals surface area contributed by atoms with Gasteiger partial charge in [0.1, 0.15) is 5.75 Å². The molecule has 1 aliphatic rings. The molecular formula is C17H23N3O2S. The van der Waals surface area contributed by atoms with Gasteiger partial charge in [-0.25, -0.2) is 4.98 Å². The highest BCUT2D eigenvalue weighted by Gasteiger charge is 2.22. The molecule has 124 valence electrons. The summed E-state index contributed by atoms with van der Waals surface area (Å²) in [6.45, 7) is 6.43. The first-order valence-electron chi connectivity index (χ1n) is 7.87. The van der Waals surface area contributed by atoms with E-state index in [-0.39, 0.29) is 0 Å². The molecule has 2 heterocycles. The molecule has 2 aromatic rings. The number of aryl methyl sites for hydroxylation is 1. The van der Waals surface area contributed by atoms with Gasteiger partial charge >= 0.3 is 0 Å². The highest BCUT2D eigenvalue weighted by atomic mass is 32.1. The van der Waals surface area contributed by atoms with Gasteiger partial charge in [0.15, 0.2) is 5.13 Å². The third-order valence-electron chi connectivity index (χ3n) is 4.24. The van der Waals surface area contributed by atoms with Crippen LogP contribution in [0.4, 0.5) is 5.13 Å². The number of hydrogen-bond donors (Lipinski definition) is 1. The Morgan fingerprint density at radius 2 is 2.09 bits per heavy atom. The van der Waals surface area contributed by atoms with Crippen molar-refractivity contribution in [3.8, 4) is 5.75 Å². The molecule has 3 rings (SSSR count). The van der Waals surface area contributed by atoms with Crippen LogP contribution in [0.2, 0.25) is 0 Å². The molecule has 0 amide bonds. The number of anilines is 1. The van der Waals surface area contributed by atoms with Gasteiger partial charge in [-0.2, -0.15) is 0 Å². The summed E-state index contributed by atoms with van der Waals surface area (Å²) in [5.41, 5.74) is 2.00. The lowest BCUT2D eigenvalue weighted by molar-refractivity contribution is 0.107. The zero-order chi connectivity index (χ0) is 16.2. The van der Waals surface area contributed by atoms with Crippen LogP contribution in [-0.4, -0.2) is 54.8 Å². The van der Waals surface area contributed by atoms with Crippen LogP contribution in [0.1, 0.15) is 17.2 Å². The van der Waals surface area contributed by atoms with Crippen LogP contribution in [0.15, 0.2) is 29.8 Å². The van der Waals surface area contributed by atoms with Crippen molar-refractivity contribution in [2.45, 2.75) is 13.0 Å². The molecule has 0 radical (unpaired) electrons. The fourth-order valence-corrected chi connectivity index (χ4v) is 3.65. The molecule has 0 saturated carbocycles. The summed E-state index contributed by atoms with van der Waals surface area (Å²) in [6, 6.07) is 5.94. The van der Waals surface area contributed by atoms with Crippen LogP contribution in [0.3, 0.4) is 0 Å². The first-order chi connectivity index (χ1) is 11.2. The van der Waals surface area contributed by atoms with Crippen LogP contribution >= 0.6 is 11.3 Å². The topological polar surface area (TPSA) is 48.8 Å². The molecule has 5 nitrogen and oxygen atoms in total. The first kappa shape index (κ1) is 16.2. The summed E-state index contributed by atoms with van der Waals surface area (Å²) < 4.78 is 5.38. The van der Waals surface area contributed by atoms with Crippen molar-refractivity contribution < 1.29 is 9.84 Å². The van der Waals surface area contributed by atoms with Gasteiger partial charge in [-0.1, -0.05) is 11.6 Å². The Kier molecular flexibility index (Phi) is 5.15. The summed E-state index contributed by atoms with van der Waals surface area (Å²) in [7, 11) is 1.65. The Hall–Kier alpha value is -1.63. The molecule has 1 atom stereocenters. The fraction of sp³-hybridized carbons (Fsp3) is 0.471. The number of aliphatic hydroxyl groups is 1. The SMILES string of the molecule is COc1ccc(C)cc1[C@@H](O)CN1CCN(c2nccs2)CC1. The van der Waals surface area contributed by atoms with Crippen molar-refractivity contribution >= 4 is 16.5 Å². The number of piperazine rings is 1. The second kappa shape index (κ2) is 7.29. The van der Waals surface area contributed by atoms with E-state index in [4.69, 9.17) is 4.74 Å². The lowest BCUT2D eigenvalue weighted by atomic mass is 10.0. The van der Waals surface area contributed by atoms with Crippen molar-refractivity contribution in [2.24, 2.45) is 0 Å². The van der Waals surface area contributed by atoms with Crippen LogP contribution < -0.4 is 9.64 Å². The highest BCUT2D eigenvalue weighted by Crippen LogP contribution is 2.27. The number of nitrogens with zero attached hydrogens (tertiary/aromatic N) is 3. The largest absolute Gasteiger partial charge is 0.496 e. The van der Waals surface area contributed by atoms with E-state index in [1.165, 1.54) is 0 Å². The van der Waals surface area contributed by atoms with Crippen LogP contribution in [0, 0.1) is 6.92 Å². The highest BCUT2D eigenvalue weighted by molar-refractivity contribution is 7.13. The van der Waals surface area contributed by atoms with E-state index in [9.17, 15) is 5.11 Å². The van der Waals surface area contributed by atoms with E-state index in [1.54, 1.807) is 18.4 Å². The Morgan fingerprint density at radius 3 is 2.74 bits per heavy atom. The van der Waals surface area contributed by atoms with Crippen LogP contribution in [0.25, 0.3) is 0 Å². The number of ether oxygens (including phenoxy) is 1. The van der Waals surface area contributed by atoms with Gasteiger partial charge in [0.2, 0.25) is 0 Å². The summed E-state index contributed by atoms with van der Waals surface area (Å²) in [5.74, 6) is 0.754. The summed E-state index contributed by atoms with van der Waals surface area (Å²) in [5, 5.41) is 13.7. The number of β-amino-alcohol motifs (C(OH)–C–C–N with tert-alkyl or cyclic N) is 1. The van der Waals surface area contributed by atoms with Gasteiger partial charge in [-0.15, -0.1) is 11.3 Å².